The molecule has 0 unspecified atom stereocenters. The maximum atomic E-state index is 13.4. The number of hydrogen-bond acceptors (Lipinski definition) is 3. The Bertz CT molecular complexity index is 934. The number of halogens is 1. The van der Waals surface area contributed by atoms with Gasteiger partial charge >= 0.3 is 0 Å². The van der Waals surface area contributed by atoms with E-state index in [1.165, 1.54) is 18.2 Å². The fourth-order valence-electron chi connectivity index (χ4n) is 2.79. The number of carbonyl (C=O) groups is 2. The molecule has 2 amide bonds. The molecule has 1 atom stereocenters. The second-order valence-corrected chi connectivity index (χ2v) is 6.76. The van der Waals surface area contributed by atoms with E-state index in [0.717, 1.165) is 17.1 Å². The van der Waals surface area contributed by atoms with Gasteiger partial charge in [0.05, 0.1) is 11.0 Å². The van der Waals surface area contributed by atoms with Crippen LogP contribution < -0.4 is 10.6 Å². The summed E-state index contributed by atoms with van der Waals surface area (Å²) in [7, 11) is 0. The van der Waals surface area contributed by atoms with Crippen LogP contribution in [-0.4, -0.2) is 27.8 Å². The molecule has 0 saturated heterocycles. The third-order valence-corrected chi connectivity index (χ3v) is 4.05. The zero-order valence-electron chi connectivity index (χ0n) is 15.1. The van der Waals surface area contributed by atoms with Gasteiger partial charge in [0.1, 0.15) is 11.9 Å². The highest BCUT2D eigenvalue weighted by Crippen LogP contribution is 2.15. The Morgan fingerprint density at radius 2 is 1.93 bits per heavy atom. The number of fused-ring (bicyclic) bond motifs is 1. The average molecular weight is 368 g/mol. The van der Waals surface area contributed by atoms with Gasteiger partial charge in [-0.3, -0.25) is 14.9 Å². The van der Waals surface area contributed by atoms with Crippen LogP contribution in [0.5, 0.6) is 0 Å². The van der Waals surface area contributed by atoms with E-state index < -0.39 is 17.8 Å². The minimum atomic E-state index is -0.769. The van der Waals surface area contributed by atoms with Gasteiger partial charge < -0.3 is 10.3 Å². The summed E-state index contributed by atoms with van der Waals surface area (Å²) < 4.78 is 13.4. The maximum absolute atomic E-state index is 13.4. The van der Waals surface area contributed by atoms with Crippen molar-refractivity contribution in [2.75, 3.05) is 5.32 Å². The summed E-state index contributed by atoms with van der Waals surface area (Å²) in [6.07, 6.45) is 0.438. The van der Waals surface area contributed by atoms with E-state index in [2.05, 4.69) is 20.6 Å². The lowest BCUT2D eigenvalue weighted by Gasteiger charge is -2.19. The molecule has 3 N–H and O–H groups in total. The monoisotopic (exact) mass is 368 g/mol. The Kier molecular flexibility index (Phi) is 5.49. The molecule has 0 aliphatic carbocycles. The van der Waals surface area contributed by atoms with E-state index in [1.54, 1.807) is 0 Å². The van der Waals surface area contributed by atoms with Gasteiger partial charge in [-0.15, -0.1) is 0 Å². The van der Waals surface area contributed by atoms with Crippen molar-refractivity contribution in [2.45, 2.75) is 26.3 Å². The summed E-state index contributed by atoms with van der Waals surface area (Å²) in [5.74, 6) is -0.901. The molecule has 1 heterocycles. The van der Waals surface area contributed by atoms with Crippen molar-refractivity contribution in [2.24, 2.45) is 5.92 Å². The number of imidazole rings is 1. The molecular formula is C20H21FN4O2. The highest BCUT2D eigenvalue weighted by molar-refractivity contribution is 6.01. The first-order valence-corrected chi connectivity index (χ1v) is 8.74. The van der Waals surface area contributed by atoms with Crippen molar-refractivity contribution < 1.29 is 14.0 Å². The topological polar surface area (TPSA) is 86.9 Å². The van der Waals surface area contributed by atoms with Crippen LogP contribution in [0.1, 0.15) is 30.6 Å². The standard InChI is InChI=1S/C20H21FN4O2/c1-12(2)10-17(22-18(26)13-6-5-7-14(21)11-13)19(27)25-20-23-15-8-3-4-9-16(15)24-20/h3-9,11-12,17H,10H2,1-2H3,(H,22,26)(H2,23,24,25,27)/t17-/m0/s1. The normalized spacial score (nSPS) is 12.1. The quantitative estimate of drug-likeness (QED) is 0.622. The molecule has 140 valence electrons. The van der Waals surface area contributed by atoms with Gasteiger partial charge in [-0.2, -0.15) is 0 Å². The first-order chi connectivity index (χ1) is 12.9. The number of aromatic amines is 1. The van der Waals surface area contributed by atoms with Crippen LogP contribution in [0.2, 0.25) is 0 Å². The largest absolute Gasteiger partial charge is 0.340 e. The Morgan fingerprint density at radius 1 is 1.15 bits per heavy atom. The number of nitrogens with one attached hydrogen (secondary N) is 3. The van der Waals surface area contributed by atoms with E-state index in [-0.39, 0.29) is 17.4 Å². The molecule has 0 aliphatic heterocycles. The fraction of sp³-hybridized carbons (Fsp3) is 0.250. The number of nitrogens with zero attached hydrogens (tertiary/aromatic N) is 1. The zero-order valence-corrected chi connectivity index (χ0v) is 15.1. The Labute approximate surface area is 156 Å². The minimum absolute atomic E-state index is 0.167. The Morgan fingerprint density at radius 3 is 2.63 bits per heavy atom. The van der Waals surface area contributed by atoms with Crippen molar-refractivity contribution in [3.63, 3.8) is 0 Å². The number of carbonyl (C=O) groups excluding carboxylic acids is 2. The van der Waals surface area contributed by atoms with Crippen molar-refractivity contribution in [3.8, 4) is 0 Å². The third-order valence-electron chi connectivity index (χ3n) is 4.05. The van der Waals surface area contributed by atoms with E-state index in [1.807, 2.05) is 38.1 Å². The lowest BCUT2D eigenvalue weighted by atomic mass is 10.0. The molecule has 0 fully saturated rings. The van der Waals surface area contributed by atoms with Crippen LogP contribution >= 0.6 is 0 Å². The number of H-pyrrole nitrogens is 1. The predicted octanol–water partition coefficient (Wildman–Crippen LogP) is 3.49. The van der Waals surface area contributed by atoms with E-state index in [0.29, 0.717) is 12.4 Å². The molecule has 3 aromatic rings. The number of rotatable bonds is 6. The molecule has 6 nitrogen and oxygen atoms in total. The molecule has 2 aromatic carbocycles. The third kappa shape index (κ3) is 4.69. The molecule has 0 radical (unpaired) electrons. The van der Waals surface area contributed by atoms with E-state index in [9.17, 15) is 14.0 Å². The molecular weight excluding hydrogens is 347 g/mol. The molecule has 0 saturated carbocycles. The first kappa shape index (κ1) is 18.6. The van der Waals surface area contributed by atoms with Crippen LogP contribution in [0.15, 0.2) is 48.5 Å². The Hall–Kier alpha value is -3.22. The summed E-state index contributed by atoms with van der Waals surface area (Å²) in [5, 5.41) is 5.40. The van der Waals surface area contributed by atoms with Crippen molar-refractivity contribution in [1.29, 1.82) is 0 Å². The van der Waals surface area contributed by atoms with Gasteiger partial charge in [-0.25, -0.2) is 9.37 Å². The van der Waals surface area contributed by atoms with E-state index >= 15 is 0 Å². The van der Waals surface area contributed by atoms with Gasteiger partial charge in [0.25, 0.3) is 5.91 Å². The minimum Gasteiger partial charge on any atom is -0.340 e. The lowest BCUT2D eigenvalue weighted by molar-refractivity contribution is -0.118. The van der Waals surface area contributed by atoms with Crippen LogP contribution in [0.3, 0.4) is 0 Å². The fourth-order valence-corrected chi connectivity index (χ4v) is 2.79. The van der Waals surface area contributed by atoms with Crippen LogP contribution in [0.4, 0.5) is 10.3 Å². The maximum Gasteiger partial charge on any atom is 0.252 e. The smallest absolute Gasteiger partial charge is 0.252 e. The van der Waals surface area contributed by atoms with Crippen LogP contribution in [0, 0.1) is 11.7 Å². The molecule has 0 spiro atoms. The number of para-hydroxylation sites is 2. The second kappa shape index (κ2) is 7.99. The number of aromatic nitrogens is 2. The summed E-state index contributed by atoms with van der Waals surface area (Å²) in [5.41, 5.74) is 1.70. The van der Waals surface area contributed by atoms with Gasteiger partial charge in [-0.1, -0.05) is 32.0 Å². The number of benzene rings is 2. The van der Waals surface area contributed by atoms with Crippen LogP contribution in [-0.2, 0) is 4.79 Å². The van der Waals surface area contributed by atoms with Crippen molar-refractivity contribution in [1.82, 2.24) is 15.3 Å². The van der Waals surface area contributed by atoms with Gasteiger partial charge in [0.2, 0.25) is 11.9 Å². The molecule has 27 heavy (non-hydrogen) atoms. The molecule has 0 aliphatic rings. The highest BCUT2D eigenvalue weighted by atomic mass is 19.1. The summed E-state index contributed by atoms with van der Waals surface area (Å²) >= 11 is 0. The summed E-state index contributed by atoms with van der Waals surface area (Å²) in [4.78, 5) is 32.4. The molecule has 0 bridgehead atoms. The Balaban J connectivity index is 1.74. The average Bonchev–Trinajstić information content (AvgIpc) is 3.02. The van der Waals surface area contributed by atoms with Crippen LogP contribution in [0.25, 0.3) is 11.0 Å². The number of amides is 2. The lowest BCUT2D eigenvalue weighted by Crippen LogP contribution is -2.44. The number of hydrogen-bond donors (Lipinski definition) is 3. The van der Waals surface area contributed by atoms with Gasteiger partial charge in [0, 0.05) is 5.56 Å². The van der Waals surface area contributed by atoms with Crippen molar-refractivity contribution in [3.05, 3.63) is 59.9 Å². The predicted molar refractivity (Wildman–Crippen MR) is 102 cm³/mol. The molecule has 7 heteroatoms. The van der Waals surface area contributed by atoms with Gasteiger partial charge in [-0.05, 0) is 42.7 Å². The summed E-state index contributed by atoms with van der Waals surface area (Å²) in [6, 6.07) is 12.0. The number of anilines is 1. The molecule has 1 aromatic heterocycles. The summed E-state index contributed by atoms with van der Waals surface area (Å²) in [6.45, 7) is 3.91. The van der Waals surface area contributed by atoms with E-state index in [4.69, 9.17) is 0 Å². The second-order valence-electron chi connectivity index (χ2n) is 6.76. The molecule has 3 rings (SSSR count). The van der Waals surface area contributed by atoms with Gasteiger partial charge in [0.15, 0.2) is 0 Å². The highest BCUT2D eigenvalue weighted by Gasteiger charge is 2.23. The SMILES string of the molecule is CC(C)C[C@H](NC(=O)c1cccc(F)c1)C(=O)Nc1nc2ccccc2[nH]1. The zero-order chi connectivity index (χ0) is 19.4. The van der Waals surface area contributed by atoms with Crippen molar-refractivity contribution >= 4 is 28.8 Å². The first-order valence-electron chi connectivity index (χ1n) is 8.74.